The number of rotatable bonds is 5. The van der Waals surface area contributed by atoms with E-state index >= 15 is 0 Å². The first-order valence-corrected chi connectivity index (χ1v) is 6.86. The molecule has 2 rings (SSSR count). The van der Waals surface area contributed by atoms with Crippen LogP contribution in [-0.4, -0.2) is 24.1 Å². The van der Waals surface area contributed by atoms with Gasteiger partial charge in [0.1, 0.15) is 29.0 Å². The number of aromatic nitrogens is 2. The molecule has 2 aromatic heterocycles. The summed E-state index contributed by atoms with van der Waals surface area (Å²) < 4.78 is 5.63. The van der Waals surface area contributed by atoms with Gasteiger partial charge in [-0.15, -0.1) is 0 Å². The lowest BCUT2D eigenvalue weighted by Crippen LogP contribution is -2.20. The van der Waals surface area contributed by atoms with Crippen LogP contribution in [0.5, 0.6) is 0 Å². The highest BCUT2D eigenvalue weighted by molar-refractivity contribution is 5.58. The fraction of sp³-hybridized carbons (Fsp3) is 0.467. The summed E-state index contributed by atoms with van der Waals surface area (Å²) in [5, 5.41) is 3.13. The van der Waals surface area contributed by atoms with E-state index in [1.807, 2.05) is 40.1 Å². The zero-order valence-corrected chi connectivity index (χ0v) is 12.8. The molecule has 2 heterocycles. The van der Waals surface area contributed by atoms with Gasteiger partial charge in [-0.25, -0.2) is 9.97 Å². The van der Waals surface area contributed by atoms with E-state index in [-0.39, 0.29) is 0 Å². The van der Waals surface area contributed by atoms with E-state index in [1.165, 1.54) is 0 Å². The van der Waals surface area contributed by atoms with Crippen LogP contribution in [0, 0.1) is 13.8 Å². The van der Waals surface area contributed by atoms with Crippen LogP contribution in [0.1, 0.15) is 29.8 Å². The van der Waals surface area contributed by atoms with Crippen molar-refractivity contribution in [1.82, 2.24) is 9.97 Å². The number of aryl methyl sites for hydroxylation is 2. The standard InChI is InChI=1S/C15H22N4O/c1-6-13-17-14(16-4)11(3)15(18-13)19(5)9-12-8-7-10(2)20-12/h7-8H,6,9H2,1-5H3,(H,16,17,18). The molecule has 0 saturated carbocycles. The fourth-order valence-corrected chi connectivity index (χ4v) is 2.20. The summed E-state index contributed by atoms with van der Waals surface area (Å²) in [5.41, 5.74) is 1.05. The zero-order valence-electron chi connectivity index (χ0n) is 12.8. The molecule has 5 nitrogen and oxygen atoms in total. The Balaban J connectivity index is 2.30. The largest absolute Gasteiger partial charge is 0.464 e. The number of nitrogens with one attached hydrogen (secondary N) is 1. The molecule has 0 aliphatic rings. The van der Waals surface area contributed by atoms with E-state index in [9.17, 15) is 0 Å². The molecule has 5 heteroatoms. The minimum absolute atomic E-state index is 0.692. The van der Waals surface area contributed by atoms with Gasteiger partial charge in [0, 0.05) is 26.1 Å². The smallest absolute Gasteiger partial charge is 0.137 e. The Hall–Kier alpha value is -2.04. The number of furan rings is 1. The Labute approximate surface area is 120 Å². The molecule has 0 unspecified atom stereocenters. The third kappa shape index (κ3) is 2.92. The highest BCUT2D eigenvalue weighted by Crippen LogP contribution is 2.24. The Kier molecular flexibility index (Phi) is 4.27. The van der Waals surface area contributed by atoms with Crippen LogP contribution in [-0.2, 0) is 13.0 Å². The Morgan fingerprint density at radius 3 is 2.55 bits per heavy atom. The lowest BCUT2D eigenvalue weighted by Gasteiger charge is -2.21. The molecule has 0 aliphatic carbocycles. The van der Waals surface area contributed by atoms with Gasteiger partial charge in [0.25, 0.3) is 0 Å². The maximum atomic E-state index is 5.63. The van der Waals surface area contributed by atoms with Crippen molar-refractivity contribution in [1.29, 1.82) is 0 Å². The predicted molar refractivity (Wildman–Crippen MR) is 81.2 cm³/mol. The molecule has 0 amide bonds. The van der Waals surface area contributed by atoms with Crippen LogP contribution in [0.4, 0.5) is 11.6 Å². The fourth-order valence-electron chi connectivity index (χ4n) is 2.20. The molecule has 0 bridgehead atoms. The second kappa shape index (κ2) is 5.94. The van der Waals surface area contributed by atoms with Crippen molar-refractivity contribution in [2.45, 2.75) is 33.7 Å². The van der Waals surface area contributed by atoms with Crippen LogP contribution < -0.4 is 10.2 Å². The van der Waals surface area contributed by atoms with Gasteiger partial charge in [-0.3, -0.25) is 0 Å². The summed E-state index contributed by atoms with van der Waals surface area (Å²) in [5.74, 6) is 4.53. The molecule has 0 spiro atoms. The van der Waals surface area contributed by atoms with Gasteiger partial charge >= 0.3 is 0 Å². The molecule has 2 aromatic rings. The van der Waals surface area contributed by atoms with Crippen molar-refractivity contribution in [3.05, 3.63) is 35.0 Å². The Bertz CT molecular complexity index is 592. The van der Waals surface area contributed by atoms with Gasteiger partial charge in [-0.1, -0.05) is 6.92 Å². The minimum atomic E-state index is 0.692. The average molecular weight is 274 g/mol. The molecule has 0 aliphatic heterocycles. The van der Waals surface area contributed by atoms with Crippen LogP contribution in [0.2, 0.25) is 0 Å². The summed E-state index contributed by atoms with van der Waals surface area (Å²) in [6.45, 7) is 6.74. The Morgan fingerprint density at radius 2 is 2.00 bits per heavy atom. The summed E-state index contributed by atoms with van der Waals surface area (Å²) >= 11 is 0. The van der Waals surface area contributed by atoms with Crippen LogP contribution in [0.15, 0.2) is 16.5 Å². The van der Waals surface area contributed by atoms with Crippen LogP contribution in [0.25, 0.3) is 0 Å². The third-order valence-corrected chi connectivity index (χ3v) is 3.27. The SMILES string of the molecule is CCc1nc(NC)c(C)c(N(C)Cc2ccc(C)o2)n1. The summed E-state index contributed by atoms with van der Waals surface area (Å²) in [6, 6.07) is 3.98. The van der Waals surface area contributed by atoms with Crippen molar-refractivity contribution in [2.75, 3.05) is 24.3 Å². The molecule has 0 radical (unpaired) electrons. The van der Waals surface area contributed by atoms with Crippen molar-refractivity contribution >= 4 is 11.6 Å². The number of hydrogen-bond acceptors (Lipinski definition) is 5. The molecule has 1 N–H and O–H groups in total. The van der Waals surface area contributed by atoms with Gasteiger partial charge < -0.3 is 14.6 Å². The maximum absolute atomic E-state index is 5.63. The summed E-state index contributed by atoms with van der Waals surface area (Å²) in [6.07, 6.45) is 0.815. The third-order valence-electron chi connectivity index (χ3n) is 3.27. The monoisotopic (exact) mass is 274 g/mol. The maximum Gasteiger partial charge on any atom is 0.137 e. The first kappa shape index (κ1) is 14.4. The molecule has 0 aromatic carbocycles. The number of anilines is 2. The van der Waals surface area contributed by atoms with E-state index in [2.05, 4.69) is 27.1 Å². The highest BCUT2D eigenvalue weighted by Gasteiger charge is 2.14. The van der Waals surface area contributed by atoms with E-state index < -0.39 is 0 Å². The minimum Gasteiger partial charge on any atom is -0.464 e. The van der Waals surface area contributed by atoms with Crippen molar-refractivity contribution in [2.24, 2.45) is 0 Å². The normalized spacial score (nSPS) is 10.7. The summed E-state index contributed by atoms with van der Waals surface area (Å²) in [7, 11) is 3.90. The average Bonchev–Trinajstić information content (AvgIpc) is 2.84. The highest BCUT2D eigenvalue weighted by atomic mass is 16.3. The van der Waals surface area contributed by atoms with Gasteiger partial charge in [0.15, 0.2) is 0 Å². The zero-order chi connectivity index (χ0) is 14.7. The lowest BCUT2D eigenvalue weighted by atomic mass is 10.2. The van der Waals surface area contributed by atoms with Gasteiger partial charge in [0.2, 0.25) is 0 Å². The van der Waals surface area contributed by atoms with E-state index in [0.717, 1.165) is 41.0 Å². The first-order chi connectivity index (χ1) is 9.55. The molecule has 108 valence electrons. The Morgan fingerprint density at radius 1 is 1.25 bits per heavy atom. The molecule has 0 atom stereocenters. The van der Waals surface area contributed by atoms with Crippen molar-refractivity contribution in [3.63, 3.8) is 0 Å². The molecule has 0 fully saturated rings. The molecular weight excluding hydrogens is 252 g/mol. The quantitative estimate of drug-likeness (QED) is 0.908. The second-order valence-electron chi connectivity index (χ2n) is 4.91. The summed E-state index contributed by atoms with van der Waals surface area (Å²) in [4.78, 5) is 11.2. The molecule has 20 heavy (non-hydrogen) atoms. The van der Waals surface area contributed by atoms with E-state index in [1.54, 1.807) is 0 Å². The van der Waals surface area contributed by atoms with Crippen molar-refractivity contribution in [3.8, 4) is 0 Å². The lowest BCUT2D eigenvalue weighted by molar-refractivity contribution is 0.481. The first-order valence-electron chi connectivity index (χ1n) is 6.86. The number of nitrogens with zero attached hydrogens (tertiary/aromatic N) is 3. The predicted octanol–water partition coefficient (Wildman–Crippen LogP) is 2.93. The van der Waals surface area contributed by atoms with E-state index in [4.69, 9.17) is 4.42 Å². The molecule has 0 saturated heterocycles. The van der Waals surface area contributed by atoms with Gasteiger partial charge in [0.05, 0.1) is 6.54 Å². The van der Waals surface area contributed by atoms with E-state index in [0.29, 0.717) is 6.54 Å². The molecular formula is C15H22N4O. The second-order valence-corrected chi connectivity index (χ2v) is 4.91. The van der Waals surface area contributed by atoms with Crippen LogP contribution in [0.3, 0.4) is 0 Å². The van der Waals surface area contributed by atoms with Crippen LogP contribution >= 0.6 is 0 Å². The number of hydrogen-bond donors (Lipinski definition) is 1. The van der Waals surface area contributed by atoms with Gasteiger partial charge in [-0.05, 0) is 26.0 Å². The topological polar surface area (TPSA) is 54.2 Å². The van der Waals surface area contributed by atoms with Gasteiger partial charge in [-0.2, -0.15) is 0 Å². The van der Waals surface area contributed by atoms with Crippen molar-refractivity contribution < 1.29 is 4.42 Å².